The maximum Gasteiger partial charge on any atom is 0.0726 e. The van der Waals surface area contributed by atoms with Gasteiger partial charge in [-0.1, -0.05) is 237 Å². The zero-order valence-corrected chi connectivity index (χ0v) is 39.8. The lowest BCUT2D eigenvalue weighted by Gasteiger charge is -2.35. The van der Waals surface area contributed by atoms with Gasteiger partial charge in [0.25, 0.3) is 0 Å². The van der Waals surface area contributed by atoms with Crippen molar-refractivity contribution in [3.63, 3.8) is 0 Å². The molecule has 1 nitrogen and oxygen atoms in total. The van der Waals surface area contributed by atoms with E-state index in [1.54, 1.807) is 0 Å². The average Bonchev–Trinajstić information content (AvgIpc) is 4.25. The molecule has 13 aromatic carbocycles. The summed E-state index contributed by atoms with van der Waals surface area (Å²) >= 11 is 0. The standard InChI is InChI=1S/C72H43N/c1-2-22-46(23-3-1)73(65-42-63-69(55-32-10-8-30-53(55)65)67-47-24-6-4-20-44(47)38-40-61(67)71(63)57-34-16-12-26-49(57)50-27-13-17-35-58(50)71)66-43-64-70(56-33-11-9-31-54(56)66)68-48-25-7-5-21-45(48)39-41-62(68)72(64)59-36-18-14-28-51(59)52-29-15-19-37-60(52)72/h1-43H. The molecule has 0 heterocycles. The molecule has 1 heteroatoms. The molecule has 73 heavy (non-hydrogen) atoms. The van der Waals surface area contributed by atoms with Gasteiger partial charge in [-0.05, 0) is 146 Å². The molecule has 0 atom stereocenters. The molecular formula is C72H43N. The Hall–Kier alpha value is -9.30. The summed E-state index contributed by atoms with van der Waals surface area (Å²) in [5.41, 5.74) is 23.5. The molecule has 4 aliphatic rings. The predicted octanol–water partition coefficient (Wildman–Crippen LogP) is 18.5. The maximum absolute atomic E-state index is 2.62. The molecular weight excluding hydrogens is 879 g/mol. The van der Waals surface area contributed by atoms with Gasteiger partial charge in [0.05, 0.1) is 22.2 Å². The molecule has 4 aliphatic carbocycles. The molecule has 0 unspecified atom stereocenters. The van der Waals surface area contributed by atoms with Crippen LogP contribution in [-0.2, 0) is 10.8 Å². The minimum Gasteiger partial charge on any atom is -0.309 e. The van der Waals surface area contributed by atoms with E-state index in [2.05, 4.69) is 266 Å². The van der Waals surface area contributed by atoms with Crippen LogP contribution in [0, 0.1) is 0 Å². The fourth-order valence-electron chi connectivity index (χ4n) is 14.8. The third kappa shape index (κ3) is 4.74. The molecule has 0 fully saturated rings. The van der Waals surface area contributed by atoms with Gasteiger partial charge in [0.15, 0.2) is 0 Å². The van der Waals surface area contributed by atoms with Gasteiger partial charge in [-0.3, -0.25) is 0 Å². The van der Waals surface area contributed by atoms with Crippen LogP contribution in [0.2, 0.25) is 0 Å². The highest BCUT2D eigenvalue weighted by atomic mass is 15.1. The molecule has 0 saturated carbocycles. The maximum atomic E-state index is 2.62. The van der Waals surface area contributed by atoms with Gasteiger partial charge in [0, 0.05) is 16.5 Å². The lowest BCUT2D eigenvalue weighted by atomic mass is 9.70. The van der Waals surface area contributed by atoms with Crippen molar-refractivity contribution >= 4 is 60.2 Å². The quantitative estimate of drug-likeness (QED) is 0.171. The summed E-state index contributed by atoms with van der Waals surface area (Å²) in [6.07, 6.45) is 0. The lowest BCUT2D eigenvalue weighted by Crippen LogP contribution is -2.27. The van der Waals surface area contributed by atoms with Crippen LogP contribution in [0.5, 0.6) is 0 Å². The SMILES string of the molecule is c1ccc(N(c2cc3c(c4ccccc24)-c2c(ccc4ccccc24)C32c3ccccc3-c3ccccc32)c2cc3c(c4ccccc24)-c2c(ccc4ccccc24)C32c3ccccc3-c3ccccc32)cc1. The van der Waals surface area contributed by atoms with Crippen molar-refractivity contribution in [2.45, 2.75) is 10.8 Å². The van der Waals surface area contributed by atoms with Crippen LogP contribution in [0.25, 0.3) is 87.6 Å². The summed E-state index contributed by atoms with van der Waals surface area (Å²) in [5.74, 6) is 0. The van der Waals surface area contributed by atoms with Crippen molar-refractivity contribution in [2.24, 2.45) is 0 Å². The van der Waals surface area contributed by atoms with E-state index in [0.717, 1.165) is 17.1 Å². The van der Waals surface area contributed by atoms with Crippen LogP contribution in [0.15, 0.2) is 261 Å². The predicted molar refractivity (Wildman–Crippen MR) is 304 cm³/mol. The molecule has 0 N–H and O–H groups in total. The van der Waals surface area contributed by atoms with Crippen molar-refractivity contribution < 1.29 is 0 Å². The third-order valence-electron chi connectivity index (χ3n) is 17.4. The van der Waals surface area contributed by atoms with Gasteiger partial charge in [-0.15, -0.1) is 0 Å². The largest absolute Gasteiger partial charge is 0.309 e. The minimum absolute atomic E-state index is 0.562. The number of anilines is 3. The molecule has 17 rings (SSSR count). The highest BCUT2D eigenvalue weighted by Gasteiger charge is 2.55. The average molecular weight is 922 g/mol. The zero-order chi connectivity index (χ0) is 47.6. The van der Waals surface area contributed by atoms with E-state index in [1.807, 2.05) is 0 Å². The van der Waals surface area contributed by atoms with Crippen LogP contribution < -0.4 is 4.90 Å². The Balaban J connectivity index is 1.05. The summed E-state index contributed by atoms with van der Waals surface area (Å²) in [5, 5.41) is 10.0. The molecule has 0 aliphatic heterocycles. The van der Waals surface area contributed by atoms with E-state index < -0.39 is 10.8 Å². The Labute approximate surface area is 423 Å². The van der Waals surface area contributed by atoms with E-state index in [-0.39, 0.29) is 0 Å². The Morgan fingerprint density at radius 1 is 0.219 bits per heavy atom. The molecule has 0 radical (unpaired) electrons. The van der Waals surface area contributed by atoms with Gasteiger partial charge in [0.1, 0.15) is 0 Å². The van der Waals surface area contributed by atoms with Crippen molar-refractivity contribution in [3.05, 3.63) is 305 Å². The molecule has 0 bridgehead atoms. The number of hydrogen-bond acceptors (Lipinski definition) is 1. The van der Waals surface area contributed by atoms with Crippen molar-refractivity contribution in [1.29, 1.82) is 0 Å². The normalized spacial score (nSPS) is 14.2. The first-order valence-electron chi connectivity index (χ1n) is 25.7. The van der Waals surface area contributed by atoms with Crippen LogP contribution in [0.3, 0.4) is 0 Å². The number of nitrogens with zero attached hydrogens (tertiary/aromatic N) is 1. The fourth-order valence-corrected chi connectivity index (χ4v) is 14.8. The Bertz CT molecular complexity index is 4210. The number of para-hydroxylation sites is 1. The van der Waals surface area contributed by atoms with Crippen LogP contribution in [-0.4, -0.2) is 0 Å². The van der Waals surface area contributed by atoms with Crippen LogP contribution >= 0.6 is 0 Å². The summed E-state index contributed by atoms with van der Waals surface area (Å²) in [6, 6.07) is 99.3. The fraction of sp³-hybridized carbons (Fsp3) is 0.0278. The van der Waals surface area contributed by atoms with E-state index in [4.69, 9.17) is 0 Å². The molecule has 0 amide bonds. The first-order valence-corrected chi connectivity index (χ1v) is 25.7. The number of rotatable bonds is 3. The van der Waals surface area contributed by atoms with Gasteiger partial charge in [-0.2, -0.15) is 0 Å². The Morgan fingerprint density at radius 3 is 0.945 bits per heavy atom. The van der Waals surface area contributed by atoms with Crippen LogP contribution in [0.4, 0.5) is 17.1 Å². The van der Waals surface area contributed by atoms with Gasteiger partial charge >= 0.3 is 0 Å². The first-order chi connectivity index (χ1) is 36.3. The second-order valence-corrected chi connectivity index (χ2v) is 20.5. The summed E-state index contributed by atoms with van der Waals surface area (Å²) in [6.45, 7) is 0. The molecule has 0 saturated heterocycles. The molecule has 0 aromatic heterocycles. The number of fused-ring (bicyclic) bond motifs is 28. The van der Waals surface area contributed by atoms with Crippen molar-refractivity contribution in [3.8, 4) is 44.5 Å². The lowest BCUT2D eigenvalue weighted by molar-refractivity contribution is 0.794. The van der Waals surface area contributed by atoms with Gasteiger partial charge < -0.3 is 4.90 Å². The number of hydrogen-bond donors (Lipinski definition) is 0. The molecule has 13 aromatic rings. The smallest absolute Gasteiger partial charge is 0.0726 e. The van der Waals surface area contributed by atoms with Crippen LogP contribution in [0.1, 0.15) is 44.5 Å². The van der Waals surface area contributed by atoms with Gasteiger partial charge in [0.2, 0.25) is 0 Å². The van der Waals surface area contributed by atoms with E-state index >= 15 is 0 Å². The topological polar surface area (TPSA) is 3.24 Å². The summed E-state index contributed by atoms with van der Waals surface area (Å²) in [7, 11) is 0. The minimum atomic E-state index is -0.562. The van der Waals surface area contributed by atoms with Crippen molar-refractivity contribution in [2.75, 3.05) is 4.90 Å². The summed E-state index contributed by atoms with van der Waals surface area (Å²) < 4.78 is 0. The van der Waals surface area contributed by atoms with E-state index in [1.165, 1.54) is 132 Å². The highest BCUT2D eigenvalue weighted by Crippen LogP contribution is 2.68. The van der Waals surface area contributed by atoms with Crippen molar-refractivity contribution in [1.82, 2.24) is 0 Å². The second kappa shape index (κ2) is 14.2. The zero-order valence-electron chi connectivity index (χ0n) is 39.8. The monoisotopic (exact) mass is 921 g/mol. The second-order valence-electron chi connectivity index (χ2n) is 20.5. The van der Waals surface area contributed by atoms with Gasteiger partial charge in [-0.25, -0.2) is 0 Å². The number of benzene rings is 13. The highest BCUT2D eigenvalue weighted by molar-refractivity contribution is 6.20. The molecule has 2 spiro atoms. The first kappa shape index (κ1) is 39.4. The Kier molecular flexibility index (Phi) is 7.66. The van der Waals surface area contributed by atoms with E-state index in [0.29, 0.717) is 0 Å². The summed E-state index contributed by atoms with van der Waals surface area (Å²) in [4.78, 5) is 2.62. The molecule has 336 valence electrons. The van der Waals surface area contributed by atoms with E-state index in [9.17, 15) is 0 Å². The Morgan fingerprint density at radius 2 is 0.534 bits per heavy atom. The third-order valence-corrected chi connectivity index (χ3v) is 17.4.